The molecule has 162 valence electrons. The lowest BCUT2D eigenvalue weighted by atomic mass is 9.85. The van der Waals surface area contributed by atoms with E-state index in [0.29, 0.717) is 24.3 Å². The van der Waals surface area contributed by atoms with E-state index < -0.39 is 0 Å². The van der Waals surface area contributed by atoms with Crippen molar-refractivity contribution in [3.8, 4) is 0 Å². The lowest BCUT2D eigenvalue weighted by molar-refractivity contribution is -0.123. The number of imide groups is 1. The van der Waals surface area contributed by atoms with Gasteiger partial charge in [0.1, 0.15) is 0 Å². The van der Waals surface area contributed by atoms with Crippen LogP contribution in [0.5, 0.6) is 0 Å². The summed E-state index contributed by atoms with van der Waals surface area (Å²) in [5.41, 5.74) is 2.21. The van der Waals surface area contributed by atoms with E-state index in [1.165, 1.54) is 10.6 Å². The molecule has 3 amide bonds. The average molecular weight is 428 g/mol. The molecule has 2 aromatic carbocycles. The Labute approximate surface area is 187 Å². The second-order valence-corrected chi connectivity index (χ2v) is 9.18. The van der Waals surface area contributed by atoms with E-state index in [9.17, 15) is 14.4 Å². The van der Waals surface area contributed by atoms with Crippen molar-refractivity contribution in [3.63, 3.8) is 0 Å². The molecule has 2 bridgehead atoms. The van der Waals surface area contributed by atoms with Gasteiger partial charge in [0.05, 0.1) is 17.5 Å². The Morgan fingerprint density at radius 3 is 2.03 bits per heavy atom. The Hall–Kier alpha value is -3.41. The molecule has 4 aliphatic rings. The molecule has 2 aliphatic heterocycles. The number of piperazine rings is 1. The molecule has 6 heteroatoms. The van der Waals surface area contributed by atoms with Crippen LogP contribution in [0.2, 0.25) is 0 Å². The molecule has 6 nitrogen and oxygen atoms in total. The summed E-state index contributed by atoms with van der Waals surface area (Å²) in [5, 5.41) is 0. The number of para-hydroxylation sites is 1. The molecule has 4 atom stereocenters. The van der Waals surface area contributed by atoms with Crippen molar-refractivity contribution >= 4 is 29.1 Å². The third-order valence-electron chi connectivity index (χ3n) is 7.51. The summed E-state index contributed by atoms with van der Waals surface area (Å²) in [5.74, 6) is -0.392. The lowest BCUT2D eigenvalue weighted by Gasteiger charge is -2.36. The van der Waals surface area contributed by atoms with Crippen LogP contribution in [0, 0.1) is 23.7 Å². The highest BCUT2D eigenvalue weighted by Gasteiger charge is 2.59. The molecular weight excluding hydrogens is 402 g/mol. The summed E-state index contributed by atoms with van der Waals surface area (Å²) in [6.45, 7) is 2.83. The molecule has 6 rings (SSSR count). The molecule has 2 aromatic rings. The second kappa shape index (κ2) is 7.33. The van der Waals surface area contributed by atoms with E-state index in [-0.39, 0.29) is 41.4 Å². The summed E-state index contributed by atoms with van der Waals surface area (Å²) in [6.07, 6.45) is 5.10. The number of hydrogen-bond acceptors (Lipinski definition) is 4. The molecule has 2 saturated heterocycles. The second-order valence-electron chi connectivity index (χ2n) is 9.18. The topological polar surface area (TPSA) is 60.9 Å². The molecular formula is C26H25N3O3. The summed E-state index contributed by atoms with van der Waals surface area (Å²) in [6, 6.07) is 17.2. The van der Waals surface area contributed by atoms with Gasteiger partial charge < -0.3 is 9.80 Å². The number of amides is 3. The zero-order valence-corrected chi connectivity index (χ0v) is 17.8. The highest BCUT2D eigenvalue weighted by atomic mass is 16.2. The van der Waals surface area contributed by atoms with E-state index in [4.69, 9.17) is 0 Å². The van der Waals surface area contributed by atoms with Gasteiger partial charge in [0.25, 0.3) is 5.91 Å². The Morgan fingerprint density at radius 2 is 1.38 bits per heavy atom. The van der Waals surface area contributed by atoms with Gasteiger partial charge in [-0.3, -0.25) is 14.4 Å². The van der Waals surface area contributed by atoms with Crippen LogP contribution in [0.4, 0.5) is 11.4 Å². The van der Waals surface area contributed by atoms with Crippen molar-refractivity contribution in [2.45, 2.75) is 6.42 Å². The number of rotatable bonds is 3. The third-order valence-corrected chi connectivity index (χ3v) is 7.51. The van der Waals surface area contributed by atoms with Crippen molar-refractivity contribution in [1.29, 1.82) is 0 Å². The maximum absolute atomic E-state index is 13.2. The Kier molecular flexibility index (Phi) is 4.42. The summed E-state index contributed by atoms with van der Waals surface area (Å²) < 4.78 is 0. The van der Waals surface area contributed by atoms with E-state index in [0.717, 1.165) is 19.5 Å². The van der Waals surface area contributed by atoms with E-state index in [2.05, 4.69) is 29.2 Å². The highest BCUT2D eigenvalue weighted by molar-refractivity contribution is 6.23. The van der Waals surface area contributed by atoms with Gasteiger partial charge in [0.15, 0.2) is 0 Å². The van der Waals surface area contributed by atoms with Crippen molar-refractivity contribution < 1.29 is 14.4 Å². The largest absolute Gasteiger partial charge is 0.368 e. The zero-order valence-electron chi connectivity index (χ0n) is 17.8. The number of carbonyl (C=O) groups excluding carboxylic acids is 3. The quantitative estimate of drug-likeness (QED) is 0.558. The first-order valence-corrected chi connectivity index (χ1v) is 11.4. The first-order chi connectivity index (χ1) is 15.6. The number of carbonyl (C=O) groups is 3. The average Bonchev–Trinajstić information content (AvgIpc) is 3.53. The standard InChI is InChI=1S/C26H25N3O3/c30-24(28-13-11-27(12-14-28)20-6-2-1-3-7-20)19-5-4-8-21(16-19)29-25(31)22-17-9-10-18(15-17)23(22)26(29)32/h1-10,16-18,22-23H,11-15H2/t17-,18-,22-,23+/m0/s1. The minimum atomic E-state index is -0.233. The predicted octanol–water partition coefficient (Wildman–Crippen LogP) is 2.96. The first kappa shape index (κ1) is 19.3. The van der Waals surface area contributed by atoms with Crippen LogP contribution in [0.3, 0.4) is 0 Å². The minimum absolute atomic E-state index is 0.0550. The van der Waals surface area contributed by atoms with Gasteiger partial charge >= 0.3 is 0 Å². The molecule has 0 spiro atoms. The van der Waals surface area contributed by atoms with E-state index in [1.54, 1.807) is 24.3 Å². The van der Waals surface area contributed by atoms with Gasteiger partial charge in [0.2, 0.25) is 11.8 Å². The number of hydrogen-bond donors (Lipinski definition) is 0. The SMILES string of the molecule is O=C(c1cccc(N2C(=O)[C@@H]3[C@H](C2=O)[C@H]2C=C[C@H]3C2)c1)N1CCN(c2ccccc2)CC1. The number of allylic oxidation sites excluding steroid dienone is 2. The van der Waals surface area contributed by atoms with Gasteiger partial charge in [0, 0.05) is 37.4 Å². The summed E-state index contributed by atoms with van der Waals surface area (Å²) in [4.78, 5) is 44.9. The Bertz CT molecular complexity index is 1090. The van der Waals surface area contributed by atoms with E-state index in [1.807, 2.05) is 23.1 Å². The van der Waals surface area contributed by atoms with Crippen molar-refractivity contribution in [3.05, 3.63) is 72.3 Å². The fourth-order valence-corrected chi connectivity index (χ4v) is 5.92. The minimum Gasteiger partial charge on any atom is -0.368 e. The van der Waals surface area contributed by atoms with Gasteiger partial charge in [-0.15, -0.1) is 0 Å². The van der Waals surface area contributed by atoms with Gasteiger partial charge in [-0.05, 0) is 48.6 Å². The van der Waals surface area contributed by atoms with Crippen molar-refractivity contribution in [2.75, 3.05) is 36.0 Å². The van der Waals surface area contributed by atoms with Gasteiger partial charge in [-0.2, -0.15) is 0 Å². The Morgan fingerprint density at radius 1 is 0.750 bits per heavy atom. The van der Waals surface area contributed by atoms with Crippen LogP contribution in [0.15, 0.2) is 66.7 Å². The molecule has 0 aromatic heterocycles. The Balaban J connectivity index is 1.18. The molecule has 0 radical (unpaired) electrons. The van der Waals surface area contributed by atoms with E-state index >= 15 is 0 Å². The normalized spacial score (nSPS) is 28.6. The van der Waals surface area contributed by atoms with Crippen LogP contribution in [-0.4, -0.2) is 48.8 Å². The van der Waals surface area contributed by atoms with Crippen LogP contribution in [0.25, 0.3) is 0 Å². The van der Waals surface area contributed by atoms with Gasteiger partial charge in [-0.1, -0.05) is 36.4 Å². The summed E-state index contributed by atoms with van der Waals surface area (Å²) in [7, 11) is 0. The fraction of sp³-hybridized carbons (Fsp3) is 0.346. The summed E-state index contributed by atoms with van der Waals surface area (Å²) >= 11 is 0. The van der Waals surface area contributed by atoms with Crippen LogP contribution in [-0.2, 0) is 9.59 Å². The highest BCUT2D eigenvalue weighted by Crippen LogP contribution is 2.53. The molecule has 2 heterocycles. The fourth-order valence-electron chi connectivity index (χ4n) is 5.92. The lowest BCUT2D eigenvalue weighted by Crippen LogP contribution is -2.48. The van der Waals surface area contributed by atoms with Crippen LogP contribution in [0.1, 0.15) is 16.8 Å². The third kappa shape index (κ3) is 2.89. The number of benzene rings is 2. The number of fused-ring (bicyclic) bond motifs is 5. The number of anilines is 2. The zero-order chi connectivity index (χ0) is 21.8. The monoisotopic (exact) mass is 427 g/mol. The smallest absolute Gasteiger partial charge is 0.254 e. The van der Waals surface area contributed by atoms with Crippen molar-refractivity contribution in [2.24, 2.45) is 23.7 Å². The molecule has 0 N–H and O–H groups in total. The molecule has 1 saturated carbocycles. The number of nitrogens with zero attached hydrogens (tertiary/aromatic N) is 3. The molecule has 0 unspecified atom stereocenters. The van der Waals surface area contributed by atoms with Crippen LogP contribution < -0.4 is 9.80 Å². The maximum atomic E-state index is 13.2. The predicted molar refractivity (Wildman–Crippen MR) is 121 cm³/mol. The molecule has 3 fully saturated rings. The molecule has 32 heavy (non-hydrogen) atoms. The maximum Gasteiger partial charge on any atom is 0.254 e. The van der Waals surface area contributed by atoms with Crippen molar-refractivity contribution in [1.82, 2.24) is 4.90 Å². The molecule has 2 aliphatic carbocycles. The first-order valence-electron chi connectivity index (χ1n) is 11.4. The van der Waals surface area contributed by atoms with Crippen LogP contribution >= 0.6 is 0 Å². The van der Waals surface area contributed by atoms with Gasteiger partial charge in [-0.25, -0.2) is 4.90 Å².